The molecule has 4 nitrogen and oxygen atoms in total. The first-order valence-electron chi connectivity index (χ1n) is 10.6. The summed E-state index contributed by atoms with van der Waals surface area (Å²) >= 11 is 0. The molecule has 1 heterocycles. The molecule has 28 heavy (non-hydrogen) atoms. The number of nitrogen functional groups attached to an aromatic ring is 1. The lowest BCUT2D eigenvalue weighted by molar-refractivity contribution is -0.113. The number of nitrogens with zero attached hydrogens (tertiary/aromatic N) is 1. The molecule has 3 N–H and O–H groups in total. The molecule has 0 bridgehead atoms. The molecule has 0 radical (unpaired) electrons. The molecule has 0 spiro atoms. The fourth-order valence-corrected chi connectivity index (χ4v) is 4.12. The van der Waals surface area contributed by atoms with Crippen molar-refractivity contribution in [3.05, 3.63) is 59.2 Å². The first-order valence-corrected chi connectivity index (χ1v) is 10.6. The van der Waals surface area contributed by atoms with E-state index >= 15 is 0 Å². The van der Waals surface area contributed by atoms with Crippen LogP contribution in [-0.2, 0) is 4.79 Å². The Morgan fingerprint density at radius 2 is 1.96 bits per heavy atom. The molecular formula is C24H31N3O. The highest BCUT2D eigenvalue weighted by molar-refractivity contribution is 6.05. The number of hydrogen-bond donors (Lipinski definition) is 2. The maximum atomic E-state index is 12.6. The van der Waals surface area contributed by atoms with Crippen molar-refractivity contribution in [2.75, 3.05) is 30.7 Å². The van der Waals surface area contributed by atoms with Gasteiger partial charge in [-0.05, 0) is 61.6 Å². The average molecular weight is 378 g/mol. The largest absolute Gasteiger partial charge is 0.397 e. The Balaban J connectivity index is 1.37. The van der Waals surface area contributed by atoms with E-state index in [1.807, 2.05) is 24.3 Å². The molecule has 1 saturated carbocycles. The Bertz CT molecular complexity index is 822. The number of amides is 1. The first kappa shape index (κ1) is 19.0. The molecule has 4 heteroatoms. The number of carbonyl (C=O) groups is 1. The van der Waals surface area contributed by atoms with Crippen LogP contribution in [0.5, 0.6) is 0 Å². The summed E-state index contributed by atoms with van der Waals surface area (Å²) in [6.45, 7) is 5.92. The maximum absolute atomic E-state index is 12.6. The standard InChI is InChI=1S/C24H31N3O/c1-17-14-21(24(28)26-23-5-3-2-4-22(23)25)9-8-20(17)15-18-10-12-27(13-11-18)16-19-6-7-19/h2-5,8-9,15,17,19H,6-7,10-14,16,25H2,1H3,(H,26,28). The summed E-state index contributed by atoms with van der Waals surface area (Å²) < 4.78 is 0. The Labute approximate surface area is 168 Å². The van der Waals surface area contributed by atoms with Gasteiger partial charge in [-0.1, -0.05) is 42.9 Å². The summed E-state index contributed by atoms with van der Waals surface area (Å²) in [7, 11) is 0. The molecule has 2 fully saturated rings. The van der Waals surface area contributed by atoms with Gasteiger partial charge in [-0.2, -0.15) is 0 Å². The van der Waals surface area contributed by atoms with Crippen LogP contribution in [0.4, 0.5) is 11.4 Å². The first-order chi connectivity index (χ1) is 13.6. The molecule has 1 aromatic carbocycles. The van der Waals surface area contributed by atoms with E-state index in [4.69, 9.17) is 5.73 Å². The van der Waals surface area contributed by atoms with Crippen molar-refractivity contribution in [3.63, 3.8) is 0 Å². The van der Waals surface area contributed by atoms with Crippen LogP contribution in [0.1, 0.15) is 39.0 Å². The summed E-state index contributed by atoms with van der Waals surface area (Å²) in [5, 5.41) is 2.94. The quantitative estimate of drug-likeness (QED) is 0.741. The molecule has 148 valence electrons. The molecule has 1 saturated heterocycles. The van der Waals surface area contributed by atoms with Crippen LogP contribution in [0.25, 0.3) is 0 Å². The van der Waals surface area contributed by atoms with E-state index in [-0.39, 0.29) is 5.91 Å². The molecule has 0 aromatic heterocycles. The molecule has 1 atom stereocenters. The van der Waals surface area contributed by atoms with Gasteiger partial charge >= 0.3 is 0 Å². The van der Waals surface area contributed by atoms with E-state index in [1.165, 1.54) is 50.9 Å². The molecule has 1 unspecified atom stereocenters. The number of nitrogens with one attached hydrogen (secondary N) is 1. The zero-order valence-electron chi connectivity index (χ0n) is 16.8. The molecule has 2 aliphatic carbocycles. The van der Waals surface area contributed by atoms with Gasteiger partial charge < -0.3 is 16.0 Å². The summed E-state index contributed by atoms with van der Waals surface area (Å²) in [5.41, 5.74) is 10.9. The van der Waals surface area contributed by atoms with Crippen molar-refractivity contribution in [1.29, 1.82) is 0 Å². The van der Waals surface area contributed by atoms with Gasteiger partial charge in [0.2, 0.25) is 0 Å². The van der Waals surface area contributed by atoms with Crippen molar-refractivity contribution in [2.24, 2.45) is 11.8 Å². The van der Waals surface area contributed by atoms with Gasteiger partial charge in [0.1, 0.15) is 0 Å². The predicted molar refractivity (Wildman–Crippen MR) is 116 cm³/mol. The molecular weight excluding hydrogens is 346 g/mol. The minimum atomic E-state index is -0.0545. The third-order valence-electron chi connectivity index (χ3n) is 6.16. The average Bonchev–Trinajstić information content (AvgIpc) is 3.51. The molecule has 4 rings (SSSR count). The van der Waals surface area contributed by atoms with Gasteiger partial charge in [0.05, 0.1) is 11.4 Å². The number of hydrogen-bond acceptors (Lipinski definition) is 3. The van der Waals surface area contributed by atoms with Crippen LogP contribution < -0.4 is 11.1 Å². The fourth-order valence-electron chi connectivity index (χ4n) is 4.12. The van der Waals surface area contributed by atoms with Crippen LogP contribution >= 0.6 is 0 Å². The lowest BCUT2D eigenvalue weighted by Crippen LogP contribution is -2.32. The van der Waals surface area contributed by atoms with Crippen molar-refractivity contribution in [3.8, 4) is 0 Å². The van der Waals surface area contributed by atoms with Crippen LogP contribution in [0, 0.1) is 11.8 Å². The number of nitrogens with two attached hydrogens (primary N) is 1. The second-order valence-electron chi connectivity index (χ2n) is 8.55. The molecule has 1 amide bonds. The Kier molecular flexibility index (Phi) is 5.67. The summed E-state index contributed by atoms with van der Waals surface area (Å²) in [6.07, 6.45) is 12.5. The van der Waals surface area contributed by atoms with Gasteiger partial charge in [0.25, 0.3) is 5.91 Å². The molecule has 3 aliphatic rings. The minimum Gasteiger partial charge on any atom is -0.397 e. The normalized spacial score (nSPS) is 23.0. The van der Waals surface area contributed by atoms with Crippen molar-refractivity contribution < 1.29 is 4.79 Å². The van der Waals surface area contributed by atoms with Gasteiger partial charge in [-0.25, -0.2) is 0 Å². The number of rotatable bonds is 5. The third-order valence-corrected chi connectivity index (χ3v) is 6.16. The highest BCUT2D eigenvalue weighted by atomic mass is 16.1. The van der Waals surface area contributed by atoms with Crippen LogP contribution in [0.2, 0.25) is 0 Å². The molecule has 1 aliphatic heterocycles. The SMILES string of the molecule is CC1CC(C(=O)Nc2ccccc2N)=CC=C1C=C1CCN(CC2CC2)CC1. The van der Waals surface area contributed by atoms with Crippen LogP contribution in [0.3, 0.4) is 0 Å². The van der Waals surface area contributed by atoms with Crippen LogP contribution in [-0.4, -0.2) is 30.4 Å². The van der Waals surface area contributed by atoms with Gasteiger partial charge in [0, 0.05) is 25.2 Å². The van der Waals surface area contributed by atoms with E-state index in [0.29, 0.717) is 17.3 Å². The monoisotopic (exact) mass is 377 g/mol. The van der Waals surface area contributed by atoms with E-state index in [9.17, 15) is 4.79 Å². The van der Waals surface area contributed by atoms with Crippen LogP contribution in [0.15, 0.2) is 59.2 Å². The summed E-state index contributed by atoms with van der Waals surface area (Å²) in [4.78, 5) is 15.2. The topological polar surface area (TPSA) is 58.4 Å². The summed E-state index contributed by atoms with van der Waals surface area (Å²) in [6, 6.07) is 7.38. The Hall–Kier alpha value is -2.33. The number of para-hydroxylation sites is 2. The van der Waals surface area contributed by atoms with Crippen molar-refractivity contribution >= 4 is 17.3 Å². The lowest BCUT2D eigenvalue weighted by Gasteiger charge is -2.29. The lowest BCUT2D eigenvalue weighted by atomic mass is 9.86. The van der Waals surface area contributed by atoms with E-state index in [0.717, 1.165) is 17.9 Å². The van der Waals surface area contributed by atoms with Gasteiger partial charge in [0.15, 0.2) is 0 Å². The van der Waals surface area contributed by atoms with E-state index in [1.54, 1.807) is 11.6 Å². The van der Waals surface area contributed by atoms with Gasteiger partial charge in [-0.15, -0.1) is 0 Å². The number of piperidine rings is 1. The smallest absolute Gasteiger partial charge is 0.251 e. The third kappa shape index (κ3) is 4.74. The minimum absolute atomic E-state index is 0.0545. The second-order valence-corrected chi connectivity index (χ2v) is 8.55. The van der Waals surface area contributed by atoms with Gasteiger partial charge in [-0.3, -0.25) is 4.79 Å². The number of likely N-dealkylation sites (tertiary alicyclic amines) is 1. The number of anilines is 2. The molecule has 1 aromatic rings. The highest BCUT2D eigenvalue weighted by Gasteiger charge is 2.26. The summed E-state index contributed by atoms with van der Waals surface area (Å²) in [5.74, 6) is 1.28. The zero-order chi connectivity index (χ0) is 19.5. The van der Waals surface area contributed by atoms with Crippen molar-refractivity contribution in [2.45, 2.75) is 39.0 Å². The number of benzene rings is 1. The zero-order valence-corrected chi connectivity index (χ0v) is 16.8. The number of allylic oxidation sites excluding steroid dienone is 4. The van der Waals surface area contributed by atoms with E-state index < -0.39 is 0 Å². The maximum Gasteiger partial charge on any atom is 0.251 e. The Morgan fingerprint density at radius 1 is 1.21 bits per heavy atom. The van der Waals surface area contributed by atoms with E-state index in [2.05, 4.69) is 29.3 Å². The number of carbonyl (C=O) groups excluding carboxylic acids is 1. The fraction of sp³-hybridized carbons (Fsp3) is 0.458. The Morgan fingerprint density at radius 3 is 2.64 bits per heavy atom. The second kappa shape index (κ2) is 8.36. The predicted octanol–water partition coefficient (Wildman–Crippen LogP) is 4.53. The van der Waals surface area contributed by atoms with Crippen molar-refractivity contribution in [1.82, 2.24) is 4.90 Å². The highest BCUT2D eigenvalue weighted by Crippen LogP contribution is 2.32.